The van der Waals surface area contributed by atoms with E-state index in [4.69, 9.17) is 23.2 Å². The fourth-order valence-corrected chi connectivity index (χ4v) is 2.99. The summed E-state index contributed by atoms with van der Waals surface area (Å²) in [7, 11) is 1.62. The summed E-state index contributed by atoms with van der Waals surface area (Å²) in [6.45, 7) is 4.27. The molecule has 0 saturated carbocycles. The topological polar surface area (TPSA) is 55.2 Å². The Balaban J connectivity index is 2.64. The van der Waals surface area contributed by atoms with E-state index in [9.17, 15) is 9.59 Å². The Morgan fingerprint density at radius 3 is 2.52 bits per heavy atom. The van der Waals surface area contributed by atoms with Crippen LogP contribution in [0, 0.1) is 0 Å². The molecule has 0 unspecified atom stereocenters. The number of hydrogen-bond donors (Lipinski definition) is 0. The smallest absolute Gasteiger partial charge is 0.261 e. The van der Waals surface area contributed by atoms with Crippen LogP contribution < -0.4 is 5.56 Å². The lowest BCUT2D eigenvalue weighted by Crippen LogP contribution is -2.38. The Kier molecular flexibility index (Phi) is 5.65. The molecule has 2 rings (SSSR count). The molecule has 1 aromatic heterocycles. The van der Waals surface area contributed by atoms with Crippen molar-refractivity contribution in [1.82, 2.24) is 14.5 Å². The molecule has 1 atom stereocenters. The Morgan fingerprint density at radius 2 is 1.96 bits per heavy atom. The summed E-state index contributed by atoms with van der Waals surface area (Å²) >= 11 is 11.4. The number of rotatable bonds is 5. The zero-order chi connectivity index (χ0) is 17.1. The van der Waals surface area contributed by atoms with Gasteiger partial charge < -0.3 is 4.90 Å². The third-order valence-corrected chi connectivity index (χ3v) is 4.27. The first-order chi connectivity index (χ1) is 10.9. The van der Waals surface area contributed by atoms with E-state index < -0.39 is 10.7 Å². The standard InChI is InChI=1S/C16H19Cl2N3O2/c1-4-12(20(3)16(23)13(17)18)14-19-11-9-7-6-8-10(11)15(22)21(14)5-2/h6-9,12-13H,4-5H2,1-3H3/t12-/m0/s1. The van der Waals surface area contributed by atoms with Gasteiger partial charge in [-0.15, -0.1) is 0 Å². The van der Waals surface area contributed by atoms with Gasteiger partial charge in [0.15, 0.2) is 4.84 Å². The maximum atomic E-state index is 12.7. The Morgan fingerprint density at radius 1 is 1.30 bits per heavy atom. The van der Waals surface area contributed by atoms with E-state index >= 15 is 0 Å². The number of carbonyl (C=O) groups excluding carboxylic acids is 1. The summed E-state index contributed by atoms with van der Waals surface area (Å²) in [5.74, 6) is 0.133. The molecule has 7 heteroatoms. The van der Waals surface area contributed by atoms with Gasteiger partial charge in [0.1, 0.15) is 5.82 Å². The van der Waals surface area contributed by atoms with Crippen LogP contribution in [0.5, 0.6) is 0 Å². The van der Waals surface area contributed by atoms with Gasteiger partial charge in [-0.2, -0.15) is 0 Å². The normalized spacial score (nSPS) is 12.6. The summed E-state index contributed by atoms with van der Waals surface area (Å²) in [4.78, 5) is 29.7. The molecule has 0 fully saturated rings. The summed E-state index contributed by atoms with van der Waals surface area (Å²) in [6.07, 6.45) is 0.591. The summed E-state index contributed by atoms with van der Waals surface area (Å²) in [5, 5.41) is 0.564. The first kappa shape index (κ1) is 17.8. The van der Waals surface area contributed by atoms with Crippen molar-refractivity contribution in [2.75, 3.05) is 7.05 Å². The van der Waals surface area contributed by atoms with Crippen LogP contribution in [0.3, 0.4) is 0 Å². The van der Waals surface area contributed by atoms with Crippen LogP contribution in [-0.4, -0.2) is 32.2 Å². The number of para-hydroxylation sites is 1. The minimum atomic E-state index is -1.14. The molecule has 0 spiro atoms. The van der Waals surface area contributed by atoms with Crippen molar-refractivity contribution in [1.29, 1.82) is 0 Å². The maximum absolute atomic E-state index is 12.7. The van der Waals surface area contributed by atoms with Crippen LogP contribution >= 0.6 is 23.2 Å². The van der Waals surface area contributed by atoms with Gasteiger partial charge in [0.05, 0.1) is 16.9 Å². The number of nitrogens with zero attached hydrogens (tertiary/aromatic N) is 3. The molecule has 5 nitrogen and oxygen atoms in total. The van der Waals surface area contributed by atoms with Crippen LogP contribution in [0.25, 0.3) is 10.9 Å². The first-order valence-corrected chi connectivity index (χ1v) is 8.33. The third-order valence-electron chi connectivity index (χ3n) is 3.89. The molecule has 0 bridgehead atoms. The van der Waals surface area contributed by atoms with Crippen LogP contribution in [0.2, 0.25) is 0 Å². The molecule has 124 valence electrons. The van der Waals surface area contributed by atoms with Gasteiger partial charge in [0.2, 0.25) is 0 Å². The van der Waals surface area contributed by atoms with Gasteiger partial charge in [0.25, 0.3) is 11.5 Å². The fourth-order valence-electron chi connectivity index (χ4n) is 2.68. The number of amides is 1. The second-order valence-corrected chi connectivity index (χ2v) is 6.31. The summed E-state index contributed by atoms with van der Waals surface area (Å²) in [5.41, 5.74) is 0.505. The molecule has 1 amide bonds. The second kappa shape index (κ2) is 7.32. The fraction of sp³-hybridized carbons (Fsp3) is 0.438. The average molecular weight is 356 g/mol. The lowest BCUT2D eigenvalue weighted by Gasteiger charge is -2.29. The number of benzene rings is 1. The highest BCUT2D eigenvalue weighted by Crippen LogP contribution is 2.24. The number of fused-ring (bicyclic) bond motifs is 1. The van der Waals surface area contributed by atoms with Crippen molar-refractivity contribution < 1.29 is 4.79 Å². The minimum Gasteiger partial charge on any atom is -0.333 e. The highest BCUT2D eigenvalue weighted by molar-refractivity contribution is 6.53. The van der Waals surface area contributed by atoms with Crippen LogP contribution in [-0.2, 0) is 11.3 Å². The number of hydrogen-bond acceptors (Lipinski definition) is 3. The number of alkyl halides is 2. The van der Waals surface area contributed by atoms with E-state index in [0.717, 1.165) is 0 Å². The predicted molar refractivity (Wildman–Crippen MR) is 93.0 cm³/mol. The number of aromatic nitrogens is 2. The summed E-state index contributed by atoms with van der Waals surface area (Å²) < 4.78 is 1.59. The van der Waals surface area contributed by atoms with Crippen molar-refractivity contribution in [3.05, 3.63) is 40.4 Å². The molecule has 1 aromatic carbocycles. The van der Waals surface area contributed by atoms with E-state index in [-0.39, 0.29) is 11.6 Å². The molecule has 0 saturated heterocycles. The van der Waals surface area contributed by atoms with Crippen LogP contribution in [0.4, 0.5) is 0 Å². The molecular weight excluding hydrogens is 337 g/mol. The zero-order valence-electron chi connectivity index (χ0n) is 13.3. The van der Waals surface area contributed by atoms with Crippen molar-refractivity contribution in [3.63, 3.8) is 0 Å². The van der Waals surface area contributed by atoms with Crippen LogP contribution in [0.1, 0.15) is 32.1 Å². The Bertz CT molecular complexity index is 773. The SMILES string of the molecule is CC[C@@H](c1nc2ccccc2c(=O)n1CC)N(C)C(=O)C(Cl)Cl. The van der Waals surface area contributed by atoms with Gasteiger partial charge >= 0.3 is 0 Å². The van der Waals surface area contributed by atoms with Crippen molar-refractivity contribution in [3.8, 4) is 0 Å². The highest BCUT2D eigenvalue weighted by atomic mass is 35.5. The Labute approximate surface area is 144 Å². The molecule has 23 heavy (non-hydrogen) atoms. The highest BCUT2D eigenvalue weighted by Gasteiger charge is 2.28. The van der Waals surface area contributed by atoms with Crippen molar-refractivity contribution in [2.45, 2.75) is 37.7 Å². The Hall–Kier alpha value is -1.59. The van der Waals surface area contributed by atoms with E-state index in [1.165, 1.54) is 4.90 Å². The van der Waals surface area contributed by atoms with Gasteiger partial charge in [-0.3, -0.25) is 14.2 Å². The lowest BCUT2D eigenvalue weighted by molar-refractivity contribution is -0.130. The van der Waals surface area contributed by atoms with Crippen molar-refractivity contribution in [2.24, 2.45) is 0 Å². The van der Waals surface area contributed by atoms with Gasteiger partial charge in [-0.25, -0.2) is 4.98 Å². The van der Waals surface area contributed by atoms with E-state index in [2.05, 4.69) is 4.98 Å². The monoisotopic (exact) mass is 355 g/mol. The first-order valence-electron chi connectivity index (χ1n) is 7.46. The van der Waals surface area contributed by atoms with Crippen LogP contribution in [0.15, 0.2) is 29.1 Å². The molecule has 2 aromatic rings. The van der Waals surface area contributed by atoms with E-state index in [0.29, 0.717) is 29.7 Å². The number of halogens is 2. The summed E-state index contributed by atoms with van der Waals surface area (Å²) in [6, 6.07) is 6.81. The van der Waals surface area contributed by atoms with Gasteiger partial charge in [0, 0.05) is 13.6 Å². The second-order valence-electron chi connectivity index (χ2n) is 5.21. The minimum absolute atomic E-state index is 0.110. The van der Waals surface area contributed by atoms with Gasteiger partial charge in [-0.05, 0) is 25.5 Å². The van der Waals surface area contributed by atoms with E-state index in [1.54, 1.807) is 23.7 Å². The molecular formula is C16H19Cl2N3O2. The molecule has 0 radical (unpaired) electrons. The molecule has 0 aliphatic rings. The largest absolute Gasteiger partial charge is 0.333 e. The lowest BCUT2D eigenvalue weighted by atomic mass is 10.1. The molecule has 1 heterocycles. The maximum Gasteiger partial charge on any atom is 0.261 e. The number of carbonyl (C=O) groups is 1. The molecule has 0 aliphatic carbocycles. The van der Waals surface area contributed by atoms with Gasteiger partial charge in [-0.1, -0.05) is 42.3 Å². The molecule has 0 aliphatic heterocycles. The predicted octanol–water partition coefficient (Wildman–Crippen LogP) is 3.13. The third kappa shape index (κ3) is 3.35. The average Bonchev–Trinajstić information content (AvgIpc) is 2.55. The quantitative estimate of drug-likeness (QED) is 0.774. The van der Waals surface area contributed by atoms with E-state index in [1.807, 2.05) is 26.0 Å². The zero-order valence-corrected chi connectivity index (χ0v) is 14.8. The van der Waals surface area contributed by atoms with Crippen molar-refractivity contribution >= 4 is 40.0 Å². The molecule has 0 N–H and O–H groups in total.